The highest BCUT2D eigenvalue weighted by atomic mass is 35.5. The predicted molar refractivity (Wildman–Crippen MR) is 93.3 cm³/mol. The zero-order valence-corrected chi connectivity index (χ0v) is 14.4. The van der Waals surface area contributed by atoms with Crippen LogP contribution in [0.15, 0.2) is 42.5 Å². The van der Waals surface area contributed by atoms with Crippen LogP contribution in [-0.2, 0) is 13.2 Å². The molecule has 0 unspecified atom stereocenters. The second-order valence-corrected chi connectivity index (χ2v) is 6.40. The molecule has 1 N–H and O–H groups in total. The maximum absolute atomic E-state index is 13.7. The van der Waals surface area contributed by atoms with Crippen molar-refractivity contribution in [3.63, 3.8) is 0 Å². The molecule has 0 amide bonds. The van der Waals surface area contributed by atoms with E-state index in [0.717, 1.165) is 25.1 Å². The quantitative estimate of drug-likeness (QED) is 0.670. The third kappa shape index (κ3) is 5.85. The van der Waals surface area contributed by atoms with Gasteiger partial charge in [0.1, 0.15) is 18.2 Å². The van der Waals surface area contributed by atoms with Gasteiger partial charge in [-0.15, -0.1) is 0 Å². The van der Waals surface area contributed by atoms with Crippen molar-refractivity contribution in [1.82, 2.24) is 5.32 Å². The number of halogens is 2. The van der Waals surface area contributed by atoms with Crippen molar-refractivity contribution in [2.45, 2.75) is 33.4 Å². The molecule has 4 heteroatoms. The summed E-state index contributed by atoms with van der Waals surface area (Å²) in [6.07, 6.45) is 1.15. The van der Waals surface area contributed by atoms with Crippen molar-refractivity contribution in [1.29, 1.82) is 0 Å². The lowest BCUT2D eigenvalue weighted by Crippen LogP contribution is -2.16. The van der Waals surface area contributed by atoms with Crippen LogP contribution < -0.4 is 10.1 Å². The highest BCUT2D eigenvalue weighted by molar-refractivity contribution is 6.31. The Morgan fingerprint density at radius 1 is 1.17 bits per heavy atom. The Hall–Kier alpha value is -1.58. The van der Waals surface area contributed by atoms with Gasteiger partial charge in [-0.3, -0.25) is 0 Å². The van der Waals surface area contributed by atoms with Gasteiger partial charge >= 0.3 is 0 Å². The molecule has 0 fully saturated rings. The van der Waals surface area contributed by atoms with E-state index in [1.807, 2.05) is 24.3 Å². The highest BCUT2D eigenvalue weighted by Crippen LogP contribution is 2.22. The first-order chi connectivity index (χ1) is 11.1. The molecule has 0 spiro atoms. The summed E-state index contributed by atoms with van der Waals surface area (Å²) in [6.45, 7) is 6.33. The van der Waals surface area contributed by atoms with Crippen molar-refractivity contribution in [3.8, 4) is 5.75 Å². The molecule has 0 aliphatic carbocycles. The average molecular weight is 336 g/mol. The predicted octanol–water partition coefficient (Wildman–Crippen LogP) is 5.19. The van der Waals surface area contributed by atoms with Crippen LogP contribution in [0.25, 0.3) is 0 Å². The molecular formula is C19H23ClFNO. The lowest BCUT2D eigenvalue weighted by Gasteiger charge is -2.11. The minimum atomic E-state index is -0.344. The molecule has 0 bridgehead atoms. The van der Waals surface area contributed by atoms with E-state index in [1.54, 1.807) is 12.1 Å². The Kier molecular flexibility index (Phi) is 6.87. The summed E-state index contributed by atoms with van der Waals surface area (Å²) < 4.78 is 19.4. The summed E-state index contributed by atoms with van der Waals surface area (Å²) in [5, 5.41) is 3.80. The fraction of sp³-hybridized carbons (Fsp3) is 0.368. The highest BCUT2D eigenvalue weighted by Gasteiger charge is 2.07. The normalized spacial score (nSPS) is 11.0. The minimum absolute atomic E-state index is 0.121. The molecule has 0 heterocycles. The van der Waals surface area contributed by atoms with E-state index in [2.05, 4.69) is 19.2 Å². The topological polar surface area (TPSA) is 21.3 Å². The molecule has 2 aromatic carbocycles. The summed E-state index contributed by atoms with van der Waals surface area (Å²) in [5.74, 6) is 1.07. The summed E-state index contributed by atoms with van der Waals surface area (Å²) in [6, 6.07) is 12.5. The van der Waals surface area contributed by atoms with Crippen LogP contribution in [-0.4, -0.2) is 6.54 Å². The van der Waals surface area contributed by atoms with Crippen LogP contribution in [0.1, 0.15) is 31.4 Å². The SMILES string of the molecule is CC(C)CCNCc1cccc(OCc2c(F)cccc2Cl)c1. The third-order valence-electron chi connectivity index (χ3n) is 3.57. The number of hydrogen-bond acceptors (Lipinski definition) is 2. The van der Waals surface area contributed by atoms with Gasteiger partial charge in [-0.2, -0.15) is 0 Å². The smallest absolute Gasteiger partial charge is 0.131 e. The fourth-order valence-electron chi connectivity index (χ4n) is 2.19. The molecular weight excluding hydrogens is 313 g/mol. The first-order valence-corrected chi connectivity index (χ1v) is 8.29. The molecule has 0 radical (unpaired) electrons. The Morgan fingerprint density at radius 2 is 1.96 bits per heavy atom. The number of ether oxygens (including phenoxy) is 1. The number of nitrogens with one attached hydrogen (secondary N) is 1. The van der Waals surface area contributed by atoms with Crippen LogP contribution in [0.3, 0.4) is 0 Å². The average Bonchev–Trinajstić information content (AvgIpc) is 2.51. The molecule has 0 saturated carbocycles. The van der Waals surface area contributed by atoms with Gasteiger partial charge in [0.25, 0.3) is 0 Å². The minimum Gasteiger partial charge on any atom is -0.489 e. The largest absolute Gasteiger partial charge is 0.489 e. The second-order valence-electron chi connectivity index (χ2n) is 6.00. The van der Waals surface area contributed by atoms with Crippen LogP contribution >= 0.6 is 11.6 Å². The van der Waals surface area contributed by atoms with Crippen molar-refractivity contribution in [2.75, 3.05) is 6.54 Å². The monoisotopic (exact) mass is 335 g/mol. The molecule has 0 aromatic heterocycles. The Bertz CT molecular complexity index is 610. The zero-order chi connectivity index (χ0) is 16.7. The molecule has 2 aromatic rings. The van der Waals surface area contributed by atoms with E-state index in [-0.39, 0.29) is 12.4 Å². The number of hydrogen-bond donors (Lipinski definition) is 1. The van der Waals surface area contributed by atoms with Gasteiger partial charge in [-0.1, -0.05) is 43.6 Å². The molecule has 0 aliphatic heterocycles. The number of rotatable bonds is 8. The molecule has 0 aliphatic rings. The fourth-order valence-corrected chi connectivity index (χ4v) is 2.41. The lowest BCUT2D eigenvalue weighted by molar-refractivity contribution is 0.299. The molecule has 23 heavy (non-hydrogen) atoms. The summed E-state index contributed by atoms with van der Waals surface area (Å²) >= 11 is 6.01. The Morgan fingerprint density at radius 3 is 2.70 bits per heavy atom. The van der Waals surface area contributed by atoms with E-state index < -0.39 is 0 Å². The van der Waals surface area contributed by atoms with Crippen molar-refractivity contribution >= 4 is 11.6 Å². The standard InChI is InChI=1S/C19H23ClFNO/c1-14(2)9-10-22-12-15-5-3-6-16(11-15)23-13-17-18(20)7-4-8-19(17)21/h3-8,11,14,22H,9-10,12-13H2,1-2H3. The Balaban J connectivity index is 1.90. The van der Waals surface area contributed by atoms with Gasteiger partial charge in [0.2, 0.25) is 0 Å². The molecule has 0 saturated heterocycles. The molecule has 124 valence electrons. The zero-order valence-electron chi connectivity index (χ0n) is 13.6. The first kappa shape index (κ1) is 17.8. The van der Waals surface area contributed by atoms with Crippen LogP contribution in [0, 0.1) is 11.7 Å². The van der Waals surface area contributed by atoms with Gasteiger partial charge in [0.05, 0.1) is 5.02 Å². The molecule has 0 atom stereocenters. The molecule has 2 rings (SSSR count). The molecule has 2 nitrogen and oxygen atoms in total. The second kappa shape index (κ2) is 8.90. The maximum atomic E-state index is 13.7. The third-order valence-corrected chi connectivity index (χ3v) is 3.93. The summed E-state index contributed by atoms with van der Waals surface area (Å²) in [7, 11) is 0. The van der Waals surface area contributed by atoms with E-state index >= 15 is 0 Å². The van der Waals surface area contributed by atoms with Crippen LogP contribution in [0.5, 0.6) is 5.75 Å². The van der Waals surface area contributed by atoms with Crippen LogP contribution in [0.4, 0.5) is 4.39 Å². The van der Waals surface area contributed by atoms with Gasteiger partial charge in [0.15, 0.2) is 0 Å². The van der Waals surface area contributed by atoms with Crippen molar-refractivity contribution in [3.05, 3.63) is 64.4 Å². The van der Waals surface area contributed by atoms with E-state index in [1.165, 1.54) is 6.07 Å². The maximum Gasteiger partial charge on any atom is 0.131 e. The summed E-state index contributed by atoms with van der Waals surface area (Å²) in [4.78, 5) is 0. The summed E-state index contributed by atoms with van der Waals surface area (Å²) in [5.41, 5.74) is 1.53. The van der Waals surface area contributed by atoms with E-state index in [9.17, 15) is 4.39 Å². The Labute approximate surface area is 142 Å². The van der Waals surface area contributed by atoms with E-state index in [0.29, 0.717) is 22.3 Å². The first-order valence-electron chi connectivity index (χ1n) is 7.91. The van der Waals surface area contributed by atoms with Crippen LogP contribution in [0.2, 0.25) is 5.02 Å². The lowest BCUT2D eigenvalue weighted by atomic mass is 10.1. The van der Waals surface area contributed by atoms with E-state index in [4.69, 9.17) is 16.3 Å². The van der Waals surface area contributed by atoms with Gasteiger partial charge in [-0.25, -0.2) is 4.39 Å². The van der Waals surface area contributed by atoms with Gasteiger partial charge in [-0.05, 0) is 48.7 Å². The van der Waals surface area contributed by atoms with Gasteiger partial charge in [0, 0.05) is 12.1 Å². The number of benzene rings is 2. The van der Waals surface area contributed by atoms with Crippen molar-refractivity contribution in [2.24, 2.45) is 5.92 Å². The van der Waals surface area contributed by atoms with Crippen molar-refractivity contribution < 1.29 is 9.13 Å². The van der Waals surface area contributed by atoms with Gasteiger partial charge < -0.3 is 10.1 Å².